The van der Waals surface area contributed by atoms with Crippen LogP contribution in [-0.2, 0) is 17.6 Å². The number of hydrogen-bond donors (Lipinski definition) is 0. The molecule has 0 aliphatic carbocycles. The highest BCUT2D eigenvalue weighted by Gasteiger charge is 2.36. The Morgan fingerprint density at radius 3 is 2.94 bits per heavy atom. The summed E-state index contributed by atoms with van der Waals surface area (Å²) in [7, 11) is 0. The normalized spacial score (nSPS) is 23.2. The maximum absolute atomic E-state index is 11.8. The van der Waals surface area contributed by atoms with Crippen LogP contribution < -0.4 is 0 Å². The van der Waals surface area contributed by atoms with Crippen LogP contribution in [0.1, 0.15) is 35.3 Å². The fourth-order valence-electron chi connectivity index (χ4n) is 1.91. The van der Waals surface area contributed by atoms with Crippen molar-refractivity contribution in [2.75, 3.05) is 0 Å². The Kier molecular flexibility index (Phi) is 2.43. The minimum atomic E-state index is -1.02. The molecule has 0 bridgehead atoms. The standard InChI is InChI=1S/C13H13NO2/c1-3-9-4-5-10-7-13(2,8-14)16-12(15)11(10)6-9/h4-6H,3,7H2,1-2H3. The number of nitrogens with zero attached hydrogens (tertiary/aromatic N) is 1. The van der Waals surface area contributed by atoms with Crippen LogP contribution in [0, 0.1) is 11.3 Å². The van der Waals surface area contributed by atoms with Crippen molar-refractivity contribution in [3.05, 3.63) is 34.9 Å². The summed E-state index contributed by atoms with van der Waals surface area (Å²) in [5.41, 5.74) is 1.60. The largest absolute Gasteiger partial charge is 0.440 e. The molecule has 0 spiro atoms. The van der Waals surface area contributed by atoms with E-state index in [0.717, 1.165) is 17.5 Å². The summed E-state index contributed by atoms with van der Waals surface area (Å²) in [6.45, 7) is 3.68. The molecule has 82 valence electrons. The van der Waals surface area contributed by atoms with Crippen LogP contribution in [0.3, 0.4) is 0 Å². The van der Waals surface area contributed by atoms with Gasteiger partial charge in [-0.05, 0) is 30.5 Å². The quantitative estimate of drug-likeness (QED) is 0.675. The average molecular weight is 215 g/mol. The lowest BCUT2D eigenvalue weighted by atomic mass is 9.90. The van der Waals surface area contributed by atoms with Gasteiger partial charge in [0.25, 0.3) is 0 Å². The van der Waals surface area contributed by atoms with Crippen LogP contribution in [-0.4, -0.2) is 11.6 Å². The van der Waals surface area contributed by atoms with Crippen molar-refractivity contribution in [1.29, 1.82) is 5.26 Å². The number of cyclic esters (lactones) is 1. The molecule has 1 atom stereocenters. The molecule has 1 aliphatic heterocycles. The smallest absolute Gasteiger partial charge is 0.340 e. The Morgan fingerprint density at radius 1 is 1.56 bits per heavy atom. The lowest BCUT2D eigenvalue weighted by Crippen LogP contribution is -2.37. The molecule has 3 heteroatoms. The minimum absolute atomic E-state index is 0.388. The lowest BCUT2D eigenvalue weighted by molar-refractivity contribution is 0.00849. The number of carbonyl (C=O) groups is 1. The molecule has 0 amide bonds. The predicted octanol–water partition coefficient (Wildman–Crippen LogP) is 2.24. The monoisotopic (exact) mass is 215 g/mol. The molecule has 1 heterocycles. The SMILES string of the molecule is CCc1ccc2c(c1)C(=O)OC(C)(C#N)C2. The molecule has 0 saturated heterocycles. The second kappa shape index (κ2) is 3.64. The van der Waals surface area contributed by atoms with Crippen molar-refractivity contribution in [2.24, 2.45) is 0 Å². The third-order valence-electron chi connectivity index (χ3n) is 2.88. The van der Waals surface area contributed by atoms with Gasteiger partial charge in [-0.1, -0.05) is 19.1 Å². The van der Waals surface area contributed by atoms with Gasteiger partial charge in [0.2, 0.25) is 0 Å². The highest BCUT2D eigenvalue weighted by Crippen LogP contribution is 2.28. The fraction of sp³-hybridized carbons (Fsp3) is 0.385. The molecule has 1 aromatic carbocycles. The average Bonchev–Trinajstić information content (AvgIpc) is 2.28. The molecule has 1 aromatic rings. The zero-order valence-electron chi connectivity index (χ0n) is 9.41. The number of fused-ring (bicyclic) bond motifs is 1. The third kappa shape index (κ3) is 1.67. The van der Waals surface area contributed by atoms with Crippen molar-refractivity contribution < 1.29 is 9.53 Å². The van der Waals surface area contributed by atoms with E-state index >= 15 is 0 Å². The topological polar surface area (TPSA) is 50.1 Å². The molecule has 0 saturated carbocycles. The Hall–Kier alpha value is -1.82. The first-order valence-corrected chi connectivity index (χ1v) is 5.34. The molecule has 0 fully saturated rings. The van der Waals surface area contributed by atoms with Crippen molar-refractivity contribution in [2.45, 2.75) is 32.3 Å². The summed E-state index contributed by atoms with van der Waals surface area (Å²) < 4.78 is 5.15. The van der Waals surface area contributed by atoms with E-state index in [4.69, 9.17) is 10.00 Å². The summed E-state index contributed by atoms with van der Waals surface area (Å²) in [6, 6.07) is 7.81. The van der Waals surface area contributed by atoms with E-state index in [-0.39, 0.29) is 5.97 Å². The highest BCUT2D eigenvalue weighted by molar-refractivity contribution is 5.93. The molecule has 0 N–H and O–H groups in total. The van der Waals surface area contributed by atoms with Crippen molar-refractivity contribution in [3.8, 4) is 6.07 Å². The van der Waals surface area contributed by atoms with Gasteiger partial charge in [0.1, 0.15) is 6.07 Å². The number of nitriles is 1. The van der Waals surface area contributed by atoms with Crippen molar-refractivity contribution in [1.82, 2.24) is 0 Å². The minimum Gasteiger partial charge on any atom is -0.440 e. The van der Waals surface area contributed by atoms with E-state index < -0.39 is 5.60 Å². The number of aryl methyl sites for hydroxylation is 1. The summed E-state index contributed by atoms with van der Waals surface area (Å²) in [4.78, 5) is 11.8. The van der Waals surface area contributed by atoms with Gasteiger partial charge in [-0.25, -0.2) is 4.79 Å². The number of hydrogen-bond acceptors (Lipinski definition) is 3. The first kappa shape index (κ1) is 10.7. The van der Waals surface area contributed by atoms with Gasteiger partial charge in [0.15, 0.2) is 5.60 Å². The van der Waals surface area contributed by atoms with Gasteiger partial charge in [0, 0.05) is 6.42 Å². The van der Waals surface area contributed by atoms with Crippen molar-refractivity contribution in [3.63, 3.8) is 0 Å². The molecule has 0 aromatic heterocycles. The maximum Gasteiger partial charge on any atom is 0.340 e. The van der Waals surface area contributed by atoms with Crippen LogP contribution in [0.2, 0.25) is 0 Å². The molecule has 1 aliphatic rings. The molecular formula is C13H13NO2. The number of rotatable bonds is 1. The predicted molar refractivity (Wildman–Crippen MR) is 59.0 cm³/mol. The van der Waals surface area contributed by atoms with E-state index in [1.807, 2.05) is 31.2 Å². The highest BCUT2D eigenvalue weighted by atomic mass is 16.6. The zero-order chi connectivity index (χ0) is 11.8. The van der Waals surface area contributed by atoms with Gasteiger partial charge in [-0.3, -0.25) is 0 Å². The zero-order valence-corrected chi connectivity index (χ0v) is 9.41. The van der Waals surface area contributed by atoms with Crippen LogP contribution >= 0.6 is 0 Å². The molecule has 1 unspecified atom stereocenters. The van der Waals surface area contributed by atoms with E-state index in [1.54, 1.807) is 6.92 Å². The molecule has 3 nitrogen and oxygen atoms in total. The Balaban J connectivity index is 2.47. The second-order valence-corrected chi connectivity index (χ2v) is 4.25. The number of esters is 1. The molecule has 16 heavy (non-hydrogen) atoms. The molecular weight excluding hydrogens is 202 g/mol. The van der Waals surface area contributed by atoms with E-state index in [0.29, 0.717) is 12.0 Å². The molecule has 0 radical (unpaired) electrons. The summed E-state index contributed by atoms with van der Waals surface area (Å²) in [6.07, 6.45) is 1.35. The van der Waals surface area contributed by atoms with Crippen LogP contribution in [0.4, 0.5) is 0 Å². The number of benzene rings is 1. The van der Waals surface area contributed by atoms with Crippen LogP contribution in [0.15, 0.2) is 18.2 Å². The van der Waals surface area contributed by atoms with Crippen LogP contribution in [0.5, 0.6) is 0 Å². The van der Waals surface area contributed by atoms with Gasteiger partial charge in [0.05, 0.1) is 5.56 Å². The van der Waals surface area contributed by atoms with Gasteiger partial charge in [-0.2, -0.15) is 5.26 Å². The number of carbonyl (C=O) groups excluding carboxylic acids is 1. The van der Waals surface area contributed by atoms with Crippen LogP contribution in [0.25, 0.3) is 0 Å². The second-order valence-electron chi connectivity index (χ2n) is 4.25. The van der Waals surface area contributed by atoms with E-state index in [1.165, 1.54) is 0 Å². The Labute approximate surface area is 94.6 Å². The summed E-state index contributed by atoms with van der Waals surface area (Å²) >= 11 is 0. The fourth-order valence-corrected chi connectivity index (χ4v) is 1.91. The number of ether oxygens (including phenoxy) is 1. The first-order chi connectivity index (χ1) is 7.58. The third-order valence-corrected chi connectivity index (χ3v) is 2.88. The first-order valence-electron chi connectivity index (χ1n) is 5.34. The van der Waals surface area contributed by atoms with Gasteiger partial charge >= 0.3 is 5.97 Å². The van der Waals surface area contributed by atoms with Gasteiger partial charge < -0.3 is 4.74 Å². The molecule has 2 rings (SSSR count). The van der Waals surface area contributed by atoms with E-state index in [9.17, 15) is 4.79 Å². The summed E-state index contributed by atoms with van der Waals surface area (Å²) in [5.74, 6) is -0.388. The van der Waals surface area contributed by atoms with Crippen molar-refractivity contribution >= 4 is 5.97 Å². The maximum atomic E-state index is 11.8. The summed E-state index contributed by atoms with van der Waals surface area (Å²) in [5, 5.41) is 8.97. The van der Waals surface area contributed by atoms with Gasteiger partial charge in [-0.15, -0.1) is 0 Å². The lowest BCUT2D eigenvalue weighted by Gasteiger charge is -2.28. The van der Waals surface area contributed by atoms with E-state index in [2.05, 4.69) is 0 Å². The Bertz CT molecular complexity index is 487. The Morgan fingerprint density at radius 2 is 2.31 bits per heavy atom.